The summed E-state index contributed by atoms with van der Waals surface area (Å²) >= 11 is 0. The molecule has 3 N–H and O–H groups in total. The van der Waals surface area contributed by atoms with Crippen LogP contribution < -0.4 is 5.73 Å². The standard InChI is InChI=1S/C8H8N2O/c9-5-6-2-1-3-7(4-6)8(10)11/h1-4,8,11H,10H2/t8-/m0/s1. The van der Waals surface area contributed by atoms with Crippen molar-refractivity contribution in [3.05, 3.63) is 35.4 Å². The van der Waals surface area contributed by atoms with E-state index in [0.29, 0.717) is 11.1 Å². The number of aliphatic hydroxyl groups excluding tert-OH is 1. The summed E-state index contributed by atoms with van der Waals surface area (Å²) in [6.45, 7) is 0. The molecule has 0 bridgehead atoms. The van der Waals surface area contributed by atoms with E-state index in [1.807, 2.05) is 6.07 Å². The summed E-state index contributed by atoms with van der Waals surface area (Å²) in [7, 11) is 0. The molecule has 3 heteroatoms. The van der Waals surface area contributed by atoms with Crippen LogP contribution in [0.25, 0.3) is 0 Å². The van der Waals surface area contributed by atoms with Crippen molar-refractivity contribution in [3.8, 4) is 6.07 Å². The third-order valence-corrected chi connectivity index (χ3v) is 1.36. The molecule has 0 aromatic heterocycles. The second-order valence-electron chi connectivity index (χ2n) is 2.18. The normalized spacial score (nSPS) is 12.1. The molecule has 0 aliphatic carbocycles. The lowest BCUT2D eigenvalue weighted by Crippen LogP contribution is -2.08. The molecule has 0 aliphatic rings. The van der Waals surface area contributed by atoms with Crippen LogP contribution >= 0.6 is 0 Å². The van der Waals surface area contributed by atoms with Crippen molar-refractivity contribution in [3.63, 3.8) is 0 Å². The summed E-state index contributed by atoms with van der Waals surface area (Å²) in [5.74, 6) is 0. The van der Waals surface area contributed by atoms with E-state index < -0.39 is 6.23 Å². The molecule has 0 amide bonds. The number of benzene rings is 1. The monoisotopic (exact) mass is 148 g/mol. The van der Waals surface area contributed by atoms with Gasteiger partial charge in [-0.3, -0.25) is 0 Å². The molecule has 0 saturated carbocycles. The van der Waals surface area contributed by atoms with Gasteiger partial charge >= 0.3 is 0 Å². The van der Waals surface area contributed by atoms with E-state index in [9.17, 15) is 0 Å². The molecule has 0 unspecified atom stereocenters. The third kappa shape index (κ3) is 1.77. The van der Waals surface area contributed by atoms with Crippen molar-refractivity contribution in [2.45, 2.75) is 6.23 Å². The number of aliphatic hydroxyl groups is 1. The van der Waals surface area contributed by atoms with Crippen LogP contribution in [-0.2, 0) is 0 Å². The van der Waals surface area contributed by atoms with Gasteiger partial charge < -0.3 is 10.8 Å². The minimum Gasteiger partial charge on any atom is -0.375 e. The smallest absolute Gasteiger partial charge is 0.128 e. The quantitative estimate of drug-likeness (QED) is 0.570. The zero-order valence-electron chi connectivity index (χ0n) is 5.86. The van der Waals surface area contributed by atoms with Crippen LogP contribution in [0.5, 0.6) is 0 Å². The molecular weight excluding hydrogens is 140 g/mol. The lowest BCUT2D eigenvalue weighted by Gasteiger charge is -2.02. The molecule has 0 heterocycles. The first-order valence-electron chi connectivity index (χ1n) is 3.18. The van der Waals surface area contributed by atoms with Crippen molar-refractivity contribution in [1.29, 1.82) is 5.26 Å². The first kappa shape index (κ1) is 7.73. The van der Waals surface area contributed by atoms with E-state index in [0.717, 1.165) is 0 Å². The summed E-state index contributed by atoms with van der Waals surface area (Å²) in [6, 6.07) is 8.53. The maximum atomic E-state index is 8.91. The molecule has 11 heavy (non-hydrogen) atoms. The Hall–Kier alpha value is -1.37. The molecule has 0 spiro atoms. The van der Waals surface area contributed by atoms with Gasteiger partial charge in [0, 0.05) is 0 Å². The van der Waals surface area contributed by atoms with Crippen LogP contribution in [0.15, 0.2) is 24.3 Å². The van der Waals surface area contributed by atoms with E-state index >= 15 is 0 Å². The topological polar surface area (TPSA) is 70.0 Å². The van der Waals surface area contributed by atoms with E-state index in [1.54, 1.807) is 24.3 Å². The number of nitrogens with two attached hydrogens (primary N) is 1. The van der Waals surface area contributed by atoms with Gasteiger partial charge in [-0.15, -0.1) is 0 Å². The van der Waals surface area contributed by atoms with Gasteiger partial charge in [-0.25, -0.2) is 0 Å². The van der Waals surface area contributed by atoms with Crippen LogP contribution in [-0.4, -0.2) is 5.11 Å². The summed E-state index contributed by atoms with van der Waals surface area (Å²) in [6.07, 6.45) is -0.997. The van der Waals surface area contributed by atoms with Crippen molar-refractivity contribution < 1.29 is 5.11 Å². The summed E-state index contributed by atoms with van der Waals surface area (Å²) in [5.41, 5.74) is 6.25. The summed E-state index contributed by atoms with van der Waals surface area (Å²) < 4.78 is 0. The average Bonchev–Trinajstić information content (AvgIpc) is 2.05. The Balaban J connectivity index is 3.03. The first-order valence-corrected chi connectivity index (χ1v) is 3.18. The van der Waals surface area contributed by atoms with E-state index in [2.05, 4.69) is 0 Å². The van der Waals surface area contributed by atoms with Gasteiger partial charge in [0.05, 0.1) is 11.6 Å². The lowest BCUT2D eigenvalue weighted by atomic mass is 10.1. The van der Waals surface area contributed by atoms with Crippen LogP contribution in [0.3, 0.4) is 0 Å². The van der Waals surface area contributed by atoms with Gasteiger partial charge in [-0.1, -0.05) is 12.1 Å². The SMILES string of the molecule is N#Cc1cccc([C@@H](N)O)c1. The third-order valence-electron chi connectivity index (χ3n) is 1.36. The number of hydrogen-bond donors (Lipinski definition) is 2. The van der Waals surface area contributed by atoms with E-state index in [1.165, 1.54) is 0 Å². The van der Waals surface area contributed by atoms with Gasteiger partial charge in [0.1, 0.15) is 6.23 Å². The molecule has 0 radical (unpaired) electrons. The Labute approximate surface area is 64.7 Å². The zero-order valence-corrected chi connectivity index (χ0v) is 5.86. The Kier molecular flexibility index (Phi) is 2.21. The molecule has 0 aliphatic heterocycles. The Bertz CT molecular complexity index is 288. The van der Waals surface area contributed by atoms with Crippen LogP contribution in [0.2, 0.25) is 0 Å². The fourth-order valence-electron chi connectivity index (χ4n) is 0.792. The zero-order chi connectivity index (χ0) is 8.27. The highest BCUT2D eigenvalue weighted by Gasteiger charge is 1.99. The largest absolute Gasteiger partial charge is 0.375 e. The molecule has 1 aromatic rings. The summed E-state index contributed by atoms with van der Waals surface area (Å²) in [4.78, 5) is 0. The second-order valence-corrected chi connectivity index (χ2v) is 2.18. The van der Waals surface area contributed by atoms with E-state index in [-0.39, 0.29) is 0 Å². The first-order chi connectivity index (χ1) is 5.24. The Morgan fingerprint density at radius 2 is 2.27 bits per heavy atom. The number of nitrogens with zero attached hydrogens (tertiary/aromatic N) is 1. The maximum Gasteiger partial charge on any atom is 0.128 e. The van der Waals surface area contributed by atoms with Crippen LogP contribution in [0, 0.1) is 11.3 Å². The molecule has 1 aromatic carbocycles. The molecular formula is C8H8N2O. The van der Waals surface area contributed by atoms with Crippen LogP contribution in [0.1, 0.15) is 17.4 Å². The number of nitriles is 1. The highest BCUT2D eigenvalue weighted by Crippen LogP contribution is 2.08. The Morgan fingerprint density at radius 1 is 1.55 bits per heavy atom. The van der Waals surface area contributed by atoms with Crippen molar-refractivity contribution in [2.24, 2.45) is 5.73 Å². The fourth-order valence-corrected chi connectivity index (χ4v) is 0.792. The molecule has 1 atom stereocenters. The predicted molar refractivity (Wildman–Crippen MR) is 40.3 cm³/mol. The maximum absolute atomic E-state index is 8.91. The van der Waals surface area contributed by atoms with Gasteiger partial charge in [0.25, 0.3) is 0 Å². The number of hydrogen-bond acceptors (Lipinski definition) is 3. The predicted octanol–water partition coefficient (Wildman–Crippen LogP) is 0.508. The lowest BCUT2D eigenvalue weighted by molar-refractivity contribution is 0.186. The van der Waals surface area contributed by atoms with Crippen LogP contribution in [0.4, 0.5) is 0 Å². The molecule has 1 rings (SSSR count). The fraction of sp³-hybridized carbons (Fsp3) is 0.125. The minimum atomic E-state index is -0.997. The van der Waals surface area contributed by atoms with Crippen molar-refractivity contribution >= 4 is 0 Å². The molecule has 56 valence electrons. The van der Waals surface area contributed by atoms with E-state index in [4.69, 9.17) is 16.1 Å². The number of rotatable bonds is 1. The van der Waals surface area contributed by atoms with Crippen molar-refractivity contribution in [1.82, 2.24) is 0 Å². The molecule has 0 fully saturated rings. The highest BCUT2D eigenvalue weighted by atomic mass is 16.3. The molecule has 3 nitrogen and oxygen atoms in total. The highest BCUT2D eigenvalue weighted by molar-refractivity contribution is 5.33. The van der Waals surface area contributed by atoms with Gasteiger partial charge in [-0.05, 0) is 17.7 Å². The minimum absolute atomic E-state index is 0.506. The van der Waals surface area contributed by atoms with Crippen molar-refractivity contribution in [2.75, 3.05) is 0 Å². The second kappa shape index (κ2) is 3.15. The summed E-state index contributed by atoms with van der Waals surface area (Å²) in [5, 5.41) is 17.4. The van der Waals surface area contributed by atoms with Gasteiger partial charge in [0.2, 0.25) is 0 Å². The van der Waals surface area contributed by atoms with Gasteiger partial charge in [-0.2, -0.15) is 5.26 Å². The average molecular weight is 148 g/mol. The Morgan fingerprint density at radius 3 is 2.82 bits per heavy atom. The van der Waals surface area contributed by atoms with Gasteiger partial charge in [0.15, 0.2) is 0 Å². The molecule has 0 saturated heterocycles.